The minimum atomic E-state index is -0.119. The van der Waals surface area contributed by atoms with Crippen LogP contribution in [0, 0.1) is 6.92 Å². The molecular weight excluding hydrogens is 420 g/mol. The Balaban J connectivity index is 2.13. The summed E-state index contributed by atoms with van der Waals surface area (Å²) in [5.74, 6) is 0. The highest BCUT2D eigenvalue weighted by atomic mass is 79.9. The molecule has 20 heavy (non-hydrogen) atoms. The first-order valence-corrected chi connectivity index (χ1v) is 9.04. The van der Waals surface area contributed by atoms with Crippen molar-refractivity contribution in [2.24, 2.45) is 0 Å². The van der Waals surface area contributed by atoms with Crippen LogP contribution >= 0.6 is 54.8 Å². The van der Waals surface area contributed by atoms with Gasteiger partial charge in [0.2, 0.25) is 0 Å². The van der Waals surface area contributed by atoms with Gasteiger partial charge in [-0.3, -0.25) is 0 Å². The van der Waals surface area contributed by atoms with Gasteiger partial charge < -0.3 is 0 Å². The van der Waals surface area contributed by atoms with E-state index < -0.39 is 0 Å². The standard InChI is InChI=1S/C16H11Br2ClS/c1-9-7-10(17)5-6-11(9)15(19)13-8-20-16-12(13)3-2-4-14(16)18/h2-8,15H,1H3. The van der Waals surface area contributed by atoms with E-state index in [1.807, 2.05) is 6.07 Å². The van der Waals surface area contributed by atoms with E-state index in [-0.39, 0.29) is 5.38 Å². The molecule has 0 amide bonds. The highest BCUT2D eigenvalue weighted by molar-refractivity contribution is 9.11. The Morgan fingerprint density at radius 3 is 2.65 bits per heavy atom. The summed E-state index contributed by atoms with van der Waals surface area (Å²) in [5.41, 5.74) is 3.54. The highest BCUT2D eigenvalue weighted by Gasteiger charge is 2.18. The highest BCUT2D eigenvalue weighted by Crippen LogP contribution is 2.41. The molecule has 0 spiro atoms. The van der Waals surface area contributed by atoms with E-state index >= 15 is 0 Å². The maximum absolute atomic E-state index is 6.74. The van der Waals surface area contributed by atoms with Gasteiger partial charge in [0.05, 0.1) is 5.38 Å². The number of aryl methyl sites for hydroxylation is 1. The van der Waals surface area contributed by atoms with Gasteiger partial charge in [-0.25, -0.2) is 0 Å². The van der Waals surface area contributed by atoms with Gasteiger partial charge in [0.25, 0.3) is 0 Å². The van der Waals surface area contributed by atoms with Crippen LogP contribution in [0.3, 0.4) is 0 Å². The van der Waals surface area contributed by atoms with E-state index in [0.717, 1.165) is 14.5 Å². The lowest BCUT2D eigenvalue weighted by molar-refractivity contribution is 1.13. The van der Waals surface area contributed by atoms with Crippen molar-refractivity contribution in [1.29, 1.82) is 0 Å². The molecule has 4 heteroatoms. The number of rotatable bonds is 2. The Kier molecular flexibility index (Phi) is 4.23. The lowest BCUT2D eigenvalue weighted by atomic mass is 10.00. The van der Waals surface area contributed by atoms with E-state index in [4.69, 9.17) is 11.6 Å². The Labute approximate surface area is 144 Å². The Bertz CT molecular complexity index is 779. The molecular formula is C16H11Br2ClS. The summed E-state index contributed by atoms with van der Waals surface area (Å²) in [6.45, 7) is 2.10. The first kappa shape index (κ1) is 14.6. The molecule has 3 rings (SSSR count). The van der Waals surface area contributed by atoms with Gasteiger partial charge in [0, 0.05) is 13.6 Å². The summed E-state index contributed by atoms with van der Waals surface area (Å²) in [6, 6.07) is 12.5. The summed E-state index contributed by atoms with van der Waals surface area (Å²) in [4.78, 5) is 0. The van der Waals surface area contributed by atoms with Crippen molar-refractivity contribution in [3.63, 3.8) is 0 Å². The van der Waals surface area contributed by atoms with Crippen molar-refractivity contribution >= 4 is 64.9 Å². The Morgan fingerprint density at radius 2 is 1.90 bits per heavy atom. The Morgan fingerprint density at radius 1 is 1.10 bits per heavy atom. The first-order chi connectivity index (χ1) is 9.58. The van der Waals surface area contributed by atoms with Crippen LogP contribution in [0.15, 0.2) is 50.7 Å². The van der Waals surface area contributed by atoms with E-state index in [1.165, 1.54) is 21.2 Å². The average molecular weight is 431 g/mol. The molecule has 102 valence electrons. The van der Waals surface area contributed by atoms with Crippen LogP contribution in [0.2, 0.25) is 0 Å². The SMILES string of the molecule is Cc1cc(Br)ccc1C(Cl)c1csc2c(Br)cccc12. The topological polar surface area (TPSA) is 0 Å². The third kappa shape index (κ3) is 2.57. The molecule has 1 heterocycles. The van der Waals surface area contributed by atoms with E-state index in [1.54, 1.807) is 11.3 Å². The Hall–Kier alpha value is -0.350. The number of fused-ring (bicyclic) bond motifs is 1. The molecule has 0 saturated carbocycles. The number of thiophene rings is 1. The second-order valence-corrected chi connectivity index (χ2v) is 7.76. The third-order valence-corrected chi connectivity index (χ3v) is 6.29. The second kappa shape index (κ2) is 5.80. The van der Waals surface area contributed by atoms with Crippen LogP contribution in [0.5, 0.6) is 0 Å². The monoisotopic (exact) mass is 428 g/mol. The van der Waals surface area contributed by atoms with Crippen LogP contribution in [0.4, 0.5) is 0 Å². The van der Waals surface area contributed by atoms with Gasteiger partial charge in [-0.1, -0.05) is 34.1 Å². The first-order valence-electron chi connectivity index (χ1n) is 6.13. The average Bonchev–Trinajstić information content (AvgIpc) is 2.83. The molecule has 0 aliphatic rings. The molecule has 3 aromatic rings. The molecule has 1 atom stereocenters. The summed E-state index contributed by atoms with van der Waals surface area (Å²) in [7, 11) is 0. The summed E-state index contributed by atoms with van der Waals surface area (Å²) < 4.78 is 3.46. The largest absolute Gasteiger partial charge is 0.142 e. The van der Waals surface area contributed by atoms with Gasteiger partial charge >= 0.3 is 0 Å². The number of halogens is 3. The number of hydrogen-bond acceptors (Lipinski definition) is 1. The zero-order valence-electron chi connectivity index (χ0n) is 10.7. The van der Waals surface area contributed by atoms with Crippen LogP contribution in [-0.2, 0) is 0 Å². The van der Waals surface area contributed by atoms with Crippen LogP contribution < -0.4 is 0 Å². The van der Waals surface area contributed by atoms with E-state index in [2.05, 4.69) is 74.5 Å². The van der Waals surface area contributed by atoms with Gasteiger partial charge in [-0.05, 0) is 68.5 Å². The van der Waals surface area contributed by atoms with Crippen molar-refractivity contribution < 1.29 is 0 Å². The van der Waals surface area contributed by atoms with Crippen LogP contribution in [0.25, 0.3) is 10.1 Å². The molecule has 0 aliphatic carbocycles. The molecule has 0 nitrogen and oxygen atoms in total. The summed E-state index contributed by atoms with van der Waals surface area (Å²) in [5, 5.41) is 3.27. The fourth-order valence-corrected chi connectivity index (χ4v) is 4.95. The predicted molar refractivity (Wildman–Crippen MR) is 96.1 cm³/mol. The molecule has 0 aliphatic heterocycles. The van der Waals surface area contributed by atoms with Gasteiger partial charge in [-0.2, -0.15) is 0 Å². The molecule has 0 saturated heterocycles. The lowest BCUT2D eigenvalue weighted by Crippen LogP contribution is -1.95. The van der Waals surface area contributed by atoms with Crippen LogP contribution in [-0.4, -0.2) is 0 Å². The molecule has 0 bridgehead atoms. The zero-order valence-corrected chi connectivity index (χ0v) is 15.4. The van der Waals surface area contributed by atoms with Gasteiger partial charge in [0.15, 0.2) is 0 Å². The molecule has 1 unspecified atom stereocenters. The fourth-order valence-electron chi connectivity index (χ4n) is 2.33. The maximum Gasteiger partial charge on any atom is 0.0852 e. The number of benzene rings is 2. The van der Waals surface area contributed by atoms with E-state index in [0.29, 0.717) is 0 Å². The van der Waals surface area contributed by atoms with Crippen molar-refractivity contribution in [3.05, 3.63) is 67.4 Å². The lowest BCUT2D eigenvalue weighted by Gasteiger charge is -2.13. The maximum atomic E-state index is 6.74. The predicted octanol–water partition coefficient (Wildman–Crippen LogP) is 7.06. The van der Waals surface area contributed by atoms with Crippen molar-refractivity contribution in [3.8, 4) is 0 Å². The molecule has 2 aromatic carbocycles. The molecule has 1 aromatic heterocycles. The van der Waals surface area contributed by atoms with Crippen molar-refractivity contribution in [1.82, 2.24) is 0 Å². The van der Waals surface area contributed by atoms with E-state index in [9.17, 15) is 0 Å². The molecule has 0 radical (unpaired) electrons. The van der Waals surface area contributed by atoms with Gasteiger partial charge in [-0.15, -0.1) is 22.9 Å². The fraction of sp³-hybridized carbons (Fsp3) is 0.125. The molecule has 0 fully saturated rings. The summed E-state index contributed by atoms with van der Waals surface area (Å²) >= 11 is 15.6. The van der Waals surface area contributed by atoms with Crippen LogP contribution in [0.1, 0.15) is 22.1 Å². The number of hydrogen-bond donors (Lipinski definition) is 0. The van der Waals surface area contributed by atoms with Crippen molar-refractivity contribution in [2.45, 2.75) is 12.3 Å². The minimum Gasteiger partial charge on any atom is -0.142 e. The quantitative estimate of drug-likeness (QED) is 0.382. The zero-order chi connectivity index (χ0) is 14.3. The minimum absolute atomic E-state index is 0.119. The smallest absolute Gasteiger partial charge is 0.0852 e. The van der Waals surface area contributed by atoms with Crippen molar-refractivity contribution in [2.75, 3.05) is 0 Å². The number of alkyl halides is 1. The normalized spacial score (nSPS) is 12.8. The van der Waals surface area contributed by atoms with Gasteiger partial charge in [0.1, 0.15) is 0 Å². The summed E-state index contributed by atoms with van der Waals surface area (Å²) in [6.07, 6.45) is 0. The molecule has 0 N–H and O–H groups in total. The third-order valence-electron chi connectivity index (χ3n) is 3.36. The second-order valence-electron chi connectivity index (χ2n) is 4.67.